The Hall–Kier alpha value is -3.85. The zero-order valence-electron chi connectivity index (χ0n) is 17.3. The van der Waals surface area contributed by atoms with Crippen LogP contribution in [0.25, 0.3) is 11.0 Å². The number of nitrogens with zero attached hydrogens (tertiary/aromatic N) is 4. The minimum atomic E-state index is -2.94. The lowest BCUT2D eigenvalue weighted by molar-refractivity contribution is 0.146. The molecule has 9 heteroatoms. The highest BCUT2D eigenvalue weighted by atomic mass is 19.3. The third-order valence-electron chi connectivity index (χ3n) is 5.57. The fourth-order valence-electron chi connectivity index (χ4n) is 3.63. The first kappa shape index (κ1) is 21.4. The second-order valence-corrected chi connectivity index (χ2v) is 7.57. The molecule has 0 bridgehead atoms. The van der Waals surface area contributed by atoms with Gasteiger partial charge < -0.3 is 10.1 Å². The van der Waals surface area contributed by atoms with E-state index in [1.807, 2.05) is 0 Å². The first-order valence-electron chi connectivity index (χ1n) is 9.81. The number of anilines is 1. The topological polar surface area (TPSA) is 83.7 Å². The van der Waals surface area contributed by atoms with Gasteiger partial charge in [-0.3, -0.25) is 0 Å². The van der Waals surface area contributed by atoms with Gasteiger partial charge >= 0.3 is 0 Å². The molecular weight excluding hydrogens is 419 g/mol. The summed E-state index contributed by atoms with van der Waals surface area (Å²) in [4.78, 5) is 13.0. The molecule has 1 N–H and O–H groups in total. The smallest absolute Gasteiger partial charge is 0.266 e. The van der Waals surface area contributed by atoms with Crippen LogP contribution in [-0.4, -0.2) is 22.1 Å². The molecule has 2 aromatic heterocycles. The normalized spacial score (nSPS) is 15.1. The summed E-state index contributed by atoms with van der Waals surface area (Å²) in [6.07, 6.45) is 3.88. The Labute approximate surface area is 182 Å². The van der Waals surface area contributed by atoms with E-state index >= 15 is 0 Å². The van der Waals surface area contributed by atoms with Gasteiger partial charge in [-0.1, -0.05) is 18.2 Å². The standard InChI is InChI=1S/C23H18F3N5O/c1-4-17-29-20(28-12(2)13-6-5-7-14(18(13)24)19(25)26)15-10-16(23(11-27)8-9-23)22(32-3)31-21(15)30-17/h1,5-7,10,12,19H,8-9H2,2-3H3,(H,28,29,30,31)/t12-/m1/s1. The van der Waals surface area contributed by atoms with E-state index in [0.29, 0.717) is 23.8 Å². The second-order valence-electron chi connectivity index (χ2n) is 7.57. The number of rotatable bonds is 6. The number of aromatic nitrogens is 3. The SMILES string of the molecule is C#Cc1nc(N[C@H](C)c2cccc(C(F)F)c2F)c2cc(C3(C#N)CC3)c(OC)nc2n1. The molecule has 0 radical (unpaired) electrons. The summed E-state index contributed by atoms with van der Waals surface area (Å²) in [7, 11) is 1.45. The van der Waals surface area contributed by atoms with E-state index in [1.54, 1.807) is 13.0 Å². The van der Waals surface area contributed by atoms with Gasteiger partial charge in [-0.15, -0.1) is 6.42 Å². The molecule has 1 atom stereocenters. The summed E-state index contributed by atoms with van der Waals surface area (Å²) in [5.74, 6) is 1.92. The van der Waals surface area contributed by atoms with Crippen LogP contribution in [0.15, 0.2) is 24.3 Å². The number of terminal acetylenes is 1. The average Bonchev–Trinajstić information content (AvgIpc) is 3.59. The van der Waals surface area contributed by atoms with Crippen molar-refractivity contribution in [2.24, 2.45) is 0 Å². The molecule has 32 heavy (non-hydrogen) atoms. The van der Waals surface area contributed by atoms with Crippen LogP contribution >= 0.6 is 0 Å². The van der Waals surface area contributed by atoms with Crippen molar-refractivity contribution in [2.75, 3.05) is 12.4 Å². The van der Waals surface area contributed by atoms with Crippen LogP contribution in [-0.2, 0) is 5.41 Å². The Morgan fingerprint density at radius 1 is 1.22 bits per heavy atom. The summed E-state index contributed by atoms with van der Waals surface area (Å²) in [5, 5.41) is 13.1. The van der Waals surface area contributed by atoms with Crippen molar-refractivity contribution in [3.05, 3.63) is 52.6 Å². The second kappa shape index (κ2) is 8.01. The van der Waals surface area contributed by atoms with E-state index < -0.39 is 29.3 Å². The predicted molar refractivity (Wildman–Crippen MR) is 112 cm³/mol. The van der Waals surface area contributed by atoms with Crippen LogP contribution in [0, 0.1) is 29.5 Å². The highest BCUT2D eigenvalue weighted by molar-refractivity contribution is 5.88. The van der Waals surface area contributed by atoms with Crippen molar-refractivity contribution in [1.29, 1.82) is 5.26 Å². The molecule has 4 rings (SSSR count). The van der Waals surface area contributed by atoms with Crippen molar-refractivity contribution in [2.45, 2.75) is 37.6 Å². The van der Waals surface area contributed by atoms with Gasteiger partial charge in [0.15, 0.2) is 5.65 Å². The van der Waals surface area contributed by atoms with Crippen molar-refractivity contribution >= 4 is 16.9 Å². The molecule has 0 amide bonds. The number of halogens is 3. The number of pyridine rings is 1. The number of fused-ring (bicyclic) bond motifs is 1. The maximum Gasteiger partial charge on any atom is 0.266 e. The number of methoxy groups -OCH3 is 1. The Morgan fingerprint density at radius 2 is 1.94 bits per heavy atom. The molecule has 1 fully saturated rings. The number of hydrogen-bond acceptors (Lipinski definition) is 6. The van der Waals surface area contributed by atoms with Gasteiger partial charge in [0.05, 0.1) is 35.6 Å². The van der Waals surface area contributed by atoms with Gasteiger partial charge in [0, 0.05) is 11.1 Å². The minimum absolute atomic E-state index is 0.0396. The molecule has 0 spiro atoms. The minimum Gasteiger partial charge on any atom is -0.481 e. The van der Waals surface area contributed by atoms with Crippen molar-refractivity contribution in [3.63, 3.8) is 0 Å². The molecule has 1 saturated carbocycles. The molecule has 3 aromatic rings. The van der Waals surface area contributed by atoms with Crippen molar-refractivity contribution < 1.29 is 17.9 Å². The molecular formula is C23H18F3N5O. The number of benzene rings is 1. The largest absolute Gasteiger partial charge is 0.481 e. The summed E-state index contributed by atoms with van der Waals surface area (Å²) < 4.78 is 46.3. The van der Waals surface area contributed by atoms with E-state index in [9.17, 15) is 18.4 Å². The fourth-order valence-corrected chi connectivity index (χ4v) is 3.63. The lowest BCUT2D eigenvalue weighted by atomic mass is 9.97. The third-order valence-corrected chi connectivity index (χ3v) is 5.57. The quantitative estimate of drug-likeness (QED) is 0.557. The van der Waals surface area contributed by atoms with Gasteiger partial charge in [0.25, 0.3) is 6.43 Å². The highest BCUT2D eigenvalue weighted by Crippen LogP contribution is 2.51. The Morgan fingerprint density at radius 3 is 2.53 bits per heavy atom. The molecule has 2 heterocycles. The lowest BCUT2D eigenvalue weighted by Crippen LogP contribution is -2.14. The molecule has 0 aliphatic heterocycles. The van der Waals surface area contributed by atoms with Crippen LogP contribution in [0.1, 0.15) is 54.7 Å². The van der Waals surface area contributed by atoms with Crippen LogP contribution in [0.4, 0.5) is 19.0 Å². The molecule has 1 aromatic carbocycles. The predicted octanol–water partition coefficient (Wildman–Crippen LogP) is 4.82. The number of hydrogen-bond donors (Lipinski definition) is 1. The van der Waals surface area contributed by atoms with Gasteiger partial charge in [-0.2, -0.15) is 10.2 Å². The first-order chi connectivity index (χ1) is 15.3. The monoisotopic (exact) mass is 437 g/mol. The third kappa shape index (κ3) is 3.56. The molecule has 0 saturated heterocycles. The fraction of sp³-hybridized carbons (Fsp3) is 0.304. The van der Waals surface area contributed by atoms with Gasteiger partial charge in [-0.25, -0.2) is 23.1 Å². The number of nitriles is 1. The van der Waals surface area contributed by atoms with Crippen LogP contribution in [0.2, 0.25) is 0 Å². The molecule has 1 aliphatic carbocycles. The zero-order valence-corrected chi connectivity index (χ0v) is 17.3. The average molecular weight is 437 g/mol. The molecule has 162 valence electrons. The Kier molecular flexibility index (Phi) is 5.35. The summed E-state index contributed by atoms with van der Waals surface area (Å²) in [5.41, 5.74) is -0.481. The van der Waals surface area contributed by atoms with Crippen LogP contribution < -0.4 is 10.1 Å². The van der Waals surface area contributed by atoms with Crippen LogP contribution in [0.3, 0.4) is 0 Å². The van der Waals surface area contributed by atoms with Gasteiger partial charge in [0.1, 0.15) is 11.6 Å². The molecule has 1 aliphatic rings. The number of ether oxygens (including phenoxy) is 1. The van der Waals surface area contributed by atoms with E-state index in [-0.39, 0.29) is 28.7 Å². The molecule has 0 unspecified atom stereocenters. The van der Waals surface area contributed by atoms with E-state index in [2.05, 4.69) is 32.3 Å². The Balaban J connectivity index is 1.83. The van der Waals surface area contributed by atoms with E-state index in [0.717, 1.165) is 6.07 Å². The zero-order chi connectivity index (χ0) is 23.0. The summed E-state index contributed by atoms with van der Waals surface area (Å²) in [6.45, 7) is 1.62. The summed E-state index contributed by atoms with van der Waals surface area (Å²) in [6, 6.07) is 7.14. The van der Waals surface area contributed by atoms with Gasteiger partial charge in [-0.05, 0) is 31.8 Å². The lowest BCUT2D eigenvalue weighted by Gasteiger charge is -2.19. The Bertz CT molecular complexity index is 1290. The highest BCUT2D eigenvalue weighted by Gasteiger charge is 2.47. The maximum atomic E-state index is 14.7. The van der Waals surface area contributed by atoms with E-state index in [1.165, 1.54) is 19.2 Å². The number of alkyl halides is 2. The summed E-state index contributed by atoms with van der Waals surface area (Å²) >= 11 is 0. The first-order valence-corrected chi connectivity index (χ1v) is 9.81. The van der Waals surface area contributed by atoms with Crippen molar-refractivity contribution in [3.8, 4) is 24.3 Å². The van der Waals surface area contributed by atoms with Crippen LogP contribution in [0.5, 0.6) is 5.88 Å². The molecule has 6 nitrogen and oxygen atoms in total. The van der Waals surface area contributed by atoms with Crippen molar-refractivity contribution in [1.82, 2.24) is 15.0 Å². The van der Waals surface area contributed by atoms with Gasteiger partial charge in [0.2, 0.25) is 11.7 Å². The maximum absolute atomic E-state index is 14.7. The van der Waals surface area contributed by atoms with E-state index in [4.69, 9.17) is 11.2 Å². The number of nitrogens with one attached hydrogen (secondary N) is 1.